The Bertz CT molecular complexity index is 1360. The van der Waals surface area contributed by atoms with Crippen molar-refractivity contribution in [2.75, 3.05) is 14.2 Å². The van der Waals surface area contributed by atoms with Crippen molar-refractivity contribution < 1.29 is 40.0 Å². The monoisotopic (exact) mass is 522 g/mol. The van der Waals surface area contributed by atoms with E-state index in [2.05, 4.69) is 10.5 Å². The van der Waals surface area contributed by atoms with Crippen LogP contribution in [0.5, 0.6) is 17.2 Å². The van der Waals surface area contributed by atoms with Gasteiger partial charge in [0.05, 0.1) is 32.4 Å². The molecule has 0 saturated carbocycles. The number of rotatable bonds is 9. The molecule has 0 atom stereocenters. The van der Waals surface area contributed by atoms with E-state index in [9.17, 15) is 26.4 Å². The lowest BCUT2D eigenvalue weighted by atomic mass is 10.1. The zero-order valence-corrected chi connectivity index (χ0v) is 19.9. The Morgan fingerprint density at radius 1 is 0.972 bits per heavy atom. The van der Waals surface area contributed by atoms with Crippen LogP contribution < -0.4 is 19.1 Å². The maximum absolute atomic E-state index is 13.2. The number of amides is 1. The summed E-state index contributed by atoms with van der Waals surface area (Å²) in [5, 5.41) is 3.65. The summed E-state index contributed by atoms with van der Waals surface area (Å²) in [7, 11) is -1.63. The number of alkyl halides is 3. The number of para-hydroxylation sites is 1. The van der Waals surface area contributed by atoms with E-state index in [0.29, 0.717) is 29.2 Å². The molecule has 0 aliphatic rings. The Kier molecular flexibility index (Phi) is 8.20. The van der Waals surface area contributed by atoms with Gasteiger partial charge < -0.3 is 13.7 Å². The van der Waals surface area contributed by atoms with Crippen molar-refractivity contribution in [3.05, 3.63) is 83.4 Å². The summed E-state index contributed by atoms with van der Waals surface area (Å²) >= 11 is 0. The minimum absolute atomic E-state index is 0.0259. The fraction of sp³-hybridized carbons (Fsp3) is 0.167. The number of hydrogen-bond donors (Lipinski definition) is 1. The predicted octanol–water partition coefficient (Wildman–Crippen LogP) is 4.18. The fourth-order valence-electron chi connectivity index (χ4n) is 3.09. The second-order valence-corrected chi connectivity index (χ2v) is 8.76. The van der Waals surface area contributed by atoms with Gasteiger partial charge in [0.2, 0.25) is 5.91 Å². The fourth-order valence-corrected chi connectivity index (χ4v) is 4.17. The highest BCUT2D eigenvalue weighted by atomic mass is 32.2. The number of methoxy groups -OCH3 is 2. The average molecular weight is 523 g/mol. The Hall–Kier alpha value is -4.06. The van der Waals surface area contributed by atoms with Gasteiger partial charge in [-0.2, -0.15) is 26.7 Å². The first-order valence-electron chi connectivity index (χ1n) is 10.3. The Labute approximate surface area is 205 Å². The highest BCUT2D eigenvalue weighted by molar-refractivity contribution is 7.87. The second-order valence-electron chi connectivity index (χ2n) is 7.25. The smallest absolute Gasteiger partial charge is 0.416 e. The van der Waals surface area contributed by atoms with Gasteiger partial charge in [0.25, 0.3) is 0 Å². The van der Waals surface area contributed by atoms with E-state index in [1.165, 1.54) is 38.5 Å². The highest BCUT2D eigenvalue weighted by Gasteiger charge is 2.32. The molecular formula is C24H21F3N2O6S. The van der Waals surface area contributed by atoms with E-state index in [-0.39, 0.29) is 12.2 Å². The Morgan fingerprint density at radius 2 is 1.69 bits per heavy atom. The number of halogens is 3. The molecule has 0 bridgehead atoms. The third kappa shape index (κ3) is 6.75. The largest absolute Gasteiger partial charge is 0.497 e. The van der Waals surface area contributed by atoms with Crippen molar-refractivity contribution in [2.45, 2.75) is 17.5 Å². The Morgan fingerprint density at radius 3 is 2.33 bits per heavy atom. The summed E-state index contributed by atoms with van der Waals surface area (Å²) in [6.07, 6.45) is -4.10. The van der Waals surface area contributed by atoms with Crippen molar-refractivity contribution in [1.82, 2.24) is 5.43 Å². The summed E-state index contributed by atoms with van der Waals surface area (Å²) in [6.45, 7) is 0. The van der Waals surface area contributed by atoms with Crippen LogP contribution >= 0.6 is 0 Å². The molecule has 8 nitrogen and oxygen atoms in total. The van der Waals surface area contributed by atoms with Gasteiger partial charge in [-0.15, -0.1) is 0 Å². The number of carbonyl (C=O) groups is 1. The lowest BCUT2D eigenvalue weighted by molar-refractivity contribution is -0.137. The molecule has 3 aromatic rings. The van der Waals surface area contributed by atoms with Crippen LogP contribution in [-0.4, -0.2) is 34.8 Å². The molecular weight excluding hydrogens is 501 g/mol. The maximum atomic E-state index is 13.2. The van der Waals surface area contributed by atoms with E-state index in [4.69, 9.17) is 13.7 Å². The SMILES string of the molecule is COc1ccc(CC(=O)N/N=C/c2cc(C(F)(F)F)ccc2S(=O)(=O)Oc2ccccc2)c(OC)c1. The van der Waals surface area contributed by atoms with Crippen molar-refractivity contribution >= 4 is 22.2 Å². The van der Waals surface area contributed by atoms with E-state index < -0.39 is 38.2 Å². The molecule has 0 heterocycles. The minimum Gasteiger partial charge on any atom is -0.497 e. The van der Waals surface area contributed by atoms with Crippen LogP contribution in [0.4, 0.5) is 13.2 Å². The van der Waals surface area contributed by atoms with E-state index in [1.54, 1.807) is 24.3 Å². The molecule has 0 radical (unpaired) electrons. The zero-order chi connectivity index (χ0) is 26.3. The lowest BCUT2D eigenvalue weighted by Crippen LogP contribution is -2.20. The molecule has 36 heavy (non-hydrogen) atoms. The molecule has 0 fully saturated rings. The van der Waals surface area contributed by atoms with Crippen LogP contribution in [0, 0.1) is 0 Å². The summed E-state index contributed by atoms with van der Waals surface area (Å²) in [6, 6.07) is 14.3. The Balaban J connectivity index is 1.84. The van der Waals surface area contributed by atoms with Gasteiger partial charge in [0.1, 0.15) is 22.1 Å². The lowest BCUT2D eigenvalue weighted by Gasteiger charge is -2.12. The maximum Gasteiger partial charge on any atom is 0.416 e. The molecule has 0 spiro atoms. The van der Waals surface area contributed by atoms with Gasteiger partial charge in [-0.3, -0.25) is 4.79 Å². The second kappa shape index (κ2) is 11.1. The standard InChI is InChI=1S/C24H21F3N2O6S/c1-33-20-10-8-16(21(14-20)34-2)13-23(30)29-28-15-17-12-18(24(25,26)27)9-11-22(17)36(31,32)35-19-6-4-3-5-7-19/h3-12,14-15H,13H2,1-2H3,(H,29,30)/b28-15+. The number of hydrazone groups is 1. The number of carbonyl (C=O) groups excluding carboxylic acids is 1. The van der Waals surface area contributed by atoms with Crippen molar-refractivity contribution in [1.29, 1.82) is 0 Å². The summed E-state index contributed by atoms with van der Waals surface area (Å²) < 4.78 is 80.6. The van der Waals surface area contributed by atoms with E-state index >= 15 is 0 Å². The van der Waals surface area contributed by atoms with Gasteiger partial charge in [-0.25, -0.2) is 5.43 Å². The normalized spacial score (nSPS) is 11.8. The van der Waals surface area contributed by atoms with Crippen molar-refractivity contribution in [3.8, 4) is 17.2 Å². The first-order valence-corrected chi connectivity index (χ1v) is 11.7. The van der Waals surface area contributed by atoms with Crippen LogP contribution in [0.1, 0.15) is 16.7 Å². The number of nitrogens with zero attached hydrogens (tertiary/aromatic N) is 1. The van der Waals surface area contributed by atoms with Gasteiger partial charge in [0, 0.05) is 17.2 Å². The van der Waals surface area contributed by atoms with Crippen molar-refractivity contribution in [3.63, 3.8) is 0 Å². The third-order valence-electron chi connectivity index (χ3n) is 4.79. The minimum atomic E-state index is -4.74. The summed E-state index contributed by atoms with van der Waals surface area (Å²) in [4.78, 5) is 11.8. The van der Waals surface area contributed by atoms with E-state index in [1.807, 2.05) is 0 Å². The van der Waals surface area contributed by atoms with E-state index in [0.717, 1.165) is 12.3 Å². The van der Waals surface area contributed by atoms with Crippen LogP contribution in [0.25, 0.3) is 0 Å². The molecule has 0 aliphatic carbocycles. The molecule has 0 aromatic heterocycles. The van der Waals surface area contributed by atoms with Crippen molar-refractivity contribution in [2.24, 2.45) is 5.10 Å². The molecule has 1 amide bonds. The quantitative estimate of drug-likeness (QED) is 0.257. The topological polar surface area (TPSA) is 103 Å². The van der Waals surface area contributed by atoms with Gasteiger partial charge in [0.15, 0.2) is 0 Å². The molecule has 190 valence electrons. The number of hydrogen-bond acceptors (Lipinski definition) is 7. The average Bonchev–Trinajstić information content (AvgIpc) is 2.84. The molecule has 3 rings (SSSR count). The van der Waals surface area contributed by atoms with Gasteiger partial charge in [-0.1, -0.05) is 24.3 Å². The molecule has 0 unspecified atom stereocenters. The van der Waals surface area contributed by atoms with Crippen LogP contribution in [0.15, 0.2) is 76.7 Å². The molecule has 3 aromatic carbocycles. The zero-order valence-electron chi connectivity index (χ0n) is 19.1. The molecule has 1 N–H and O–H groups in total. The molecule has 0 aliphatic heterocycles. The number of ether oxygens (including phenoxy) is 2. The molecule has 12 heteroatoms. The van der Waals surface area contributed by atoms with Crippen LogP contribution in [-0.2, 0) is 27.5 Å². The van der Waals surface area contributed by atoms with Gasteiger partial charge >= 0.3 is 16.3 Å². The predicted molar refractivity (Wildman–Crippen MR) is 125 cm³/mol. The summed E-state index contributed by atoms with van der Waals surface area (Å²) in [5.74, 6) is 0.261. The van der Waals surface area contributed by atoms with Crippen LogP contribution in [0.3, 0.4) is 0 Å². The summed E-state index contributed by atoms with van der Waals surface area (Å²) in [5.41, 5.74) is 1.15. The van der Waals surface area contributed by atoms with Crippen LogP contribution in [0.2, 0.25) is 0 Å². The third-order valence-corrected chi connectivity index (χ3v) is 6.12. The highest BCUT2D eigenvalue weighted by Crippen LogP contribution is 2.32. The number of benzene rings is 3. The first-order chi connectivity index (χ1) is 17.0. The first kappa shape index (κ1) is 26.5. The molecule has 0 saturated heterocycles. The number of nitrogens with one attached hydrogen (secondary N) is 1. The van der Waals surface area contributed by atoms with Gasteiger partial charge in [-0.05, 0) is 36.4 Å².